The number of imidazole rings is 2. The molecular weight excluding hydrogens is 781 g/mol. The van der Waals surface area contributed by atoms with Gasteiger partial charge in [0.1, 0.15) is 0 Å². The third-order valence-electron chi connectivity index (χ3n) is 11.1. The minimum atomic E-state index is 0. The van der Waals surface area contributed by atoms with Crippen molar-refractivity contribution in [2.24, 2.45) is 0 Å². The number of ether oxygens (including phenoxy) is 1. The van der Waals surface area contributed by atoms with Gasteiger partial charge in [0.05, 0.1) is 44.4 Å². The van der Waals surface area contributed by atoms with Crippen LogP contribution in [0.3, 0.4) is 0 Å². The van der Waals surface area contributed by atoms with Crippen molar-refractivity contribution in [3.8, 4) is 22.6 Å². The molecule has 0 radical (unpaired) electrons. The molecule has 0 aliphatic heterocycles. The SMILES string of the molecule is CC(C)c1cccc(C(C)C)c1-c1cccc2c3ccc(Oc4[c-]c5c(cc4)c4ncccc4n4c6ccccc6nc54)[c-]c3c3nc4ccccc4n3c12.[Pd+2]. The fraction of sp³-hybridized carbons (Fsp3) is 0.122. The largest absolute Gasteiger partial charge is 2.00 e. The molecule has 6 nitrogen and oxygen atoms in total. The minimum Gasteiger partial charge on any atom is -0.497 e. The normalized spacial score (nSPS) is 12.1. The van der Waals surface area contributed by atoms with E-state index in [1.807, 2.05) is 42.6 Å². The Balaban J connectivity index is 0.00000384. The van der Waals surface area contributed by atoms with Gasteiger partial charge in [-0.25, -0.2) is 0 Å². The summed E-state index contributed by atoms with van der Waals surface area (Å²) < 4.78 is 11.1. The zero-order valence-electron chi connectivity index (χ0n) is 31.2. The van der Waals surface area contributed by atoms with E-state index in [4.69, 9.17) is 19.7 Å². The number of hydrogen-bond acceptors (Lipinski definition) is 4. The first-order valence-corrected chi connectivity index (χ1v) is 18.9. The molecule has 7 heteroatoms. The van der Waals surface area contributed by atoms with E-state index in [2.05, 4.69) is 134 Å². The maximum absolute atomic E-state index is 6.64. The molecule has 0 saturated heterocycles. The van der Waals surface area contributed by atoms with E-state index in [0.29, 0.717) is 23.3 Å². The van der Waals surface area contributed by atoms with Gasteiger partial charge in [-0.3, -0.25) is 15.0 Å². The molecule has 0 saturated carbocycles. The zero-order chi connectivity index (χ0) is 36.9. The first kappa shape index (κ1) is 34.4. The predicted octanol–water partition coefficient (Wildman–Crippen LogP) is 12.6. The Morgan fingerprint density at radius 2 is 1.11 bits per heavy atom. The van der Waals surface area contributed by atoms with Gasteiger partial charge in [0.15, 0.2) is 0 Å². The first-order valence-electron chi connectivity index (χ1n) is 18.9. The molecular formula is C49H35N5OPd. The number of benzene rings is 6. The maximum atomic E-state index is 6.64. The van der Waals surface area contributed by atoms with Gasteiger partial charge >= 0.3 is 20.4 Å². The van der Waals surface area contributed by atoms with Crippen LogP contribution in [0.2, 0.25) is 0 Å². The molecule has 0 aliphatic carbocycles. The van der Waals surface area contributed by atoms with E-state index >= 15 is 0 Å². The molecule has 0 N–H and O–H groups in total. The van der Waals surface area contributed by atoms with Crippen LogP contribution in [0.4, 0.5) is 0 Å². The van der Waals surface area contributed by atoms with Crippen LogP contribution in [-0.4, -0.2) is 23.8 Å². The molecule has 5 aromatic heterocycles. The summed E-state index contributed by atoms with van der Waals surface area (Å²) in [5.74, 6) is 1.88. The second-order valence-corrected chi connectivity index (χ2v) is 15.0. The Morgan fingerprint density at radius 3 is 1.79 bits per heavy atom. The number of rotatable bonds is 5. The summed E-state index contributed by atoms with van der Waals surface area (Å²) in [7, 11) is 0. The second kappa shape index (κ2) is 13.0. The summed E-state index contributed by atoms with van der Waals surface area (Å²) in [5, 5.41) is 4.94. The van der Waals surface area contributed by atoms with Crippen molar-refractivity contribution < 1.29 is 25.2 Å². The van der Waals surface area contributed by atoms with Gasteiger partial charge < -0.3 is 13.5 Å². The summed E-state index contributed by atoms with van der Waals surface area (Å²) >= 11 is 0. The Morgan fingerprint density at radius 1 is 0.536 bits per heavy atom. The quantitative estimate of drug-likeness (QED) is 0.0986. The van der Waals surface area contributed by atoms with Gasteiger partial charge in [-0.1, -0.05) is 134 Å². The van der Waals surface area contributed by atoms with Gasteiger partial charge in [0.2, 0.25) is 0 Å². The molecule has 11 rings (SSSR count). The fourth-order valence-corrected chi connectivity index (χ4v) is 8.67. The number of pyridine rings is 3. The number of para-hydroxylation sites is 5. The molecule has 0 fully saturated rings. The molecule has 6 aromatic carbocycles. The van der Waals surface area contributed by atoms with Gasteiger partial charge in [-0.2, -0.15) is 0 Å². The Hall–Kier alpha value is -6.13. The van der Waals surface area contributed by atoms with Gasteiger partial charge in [-0.15, -0.1) is 12.1 Å². The van der Waals surface area contributed by atoms with Crippen LogP contribution in [-0.2, 0) is 20.4 Å². The summed E-state index contributed by atoms with van der Waals surface area (Å²) in [6.07, 6.45) is 1.83. The molecule has 5 heterocycles. The number of aromatic nitrogens is 5. The Labute approximate surface area is 337 Å². The molecule has 0 aliphatic rings. The summed E-state index contributed by atoms with van der Waals surface area (Å²) in [6.45, 7) is 9.14. The first-order chi connectivity index (χ1) is 26.9. The predicted molar refractivity (Wildman–Crippen MR) is 225 cm³/mol. The minimum absolute atomic E-state index is 0. The zero-order valence-corrected chi connectivity index (χ0v) is 32.8. The van der Waals surface area contributed by atoms with Gasteiger partial charge in [-0.05, 0) is 70.3 Å². The average Bonchev–Trinajstić information content (AvgIpc) is 3.80. The topological polar surface area (TPSA) is 56.7 Å². The molecule has 0 bridgehead atoms. The monoisotopic (exact) mass is 815 g/mol. The van der Waals surface area contributed by atoms with Crippen LogP contribution in [0.1, 0.15) is 50.7 Å². The van der Waals surface area contributed by atoms with Crippen LogP contribution in [0.25, 0.3) is 88.0 Å². The van der Waals surface area contributed by atoms with E-state index in [0.717, 1.165) is 76.8 Å². The molecule has 0 amide bonds. The van der Waals surface area contributed by atoms with Crippen molar-refractivity contribution in [2.45, 2.75) is 39.5 Å². The van der Waals surface area contributed by atoms with Crippen LogP contribution >= 0.6 is 0 Å². The molecule has 0 atom stereocenters. The number of fused-ring (bicyclic) bond motifs is 16. The smallest absolute Gasteiger partial charge is 0.497 e. The summed E-state index contributed by atoms with van der Waals surface area (Å²) in [6, 6.07) is 49.6. The van der Waals surface area contributed by atoms with E-state index in [-0.39, 0.29) is 20.4 Å². The van der Waals surface area contributed by atoms with E-state index in [9.17, 15) is 0 Å². The molecule has 0 unspecified atom stereocenters. The summed E-state index contributed by atoms with van der Waals surface area (Å²) in [5.41, 5.74) is 13.9. The van der Waals surface area contributed by atoms with Gasteiger partial charge in [0, 0.05) is 28.8 Å². The van der Waals surface area contributed by atoms with E-state index in [1.54, 1.807) is 0 Å². The van der Waals surface area contributed by atoms with E-state index in [1.165, 1.54) is 22.3 Å². The fourth-order valence-electron chi connectivity index (χ4n) is 8.67. The molecule has 272 valence electrons. The second-order valence-electron chi connectivity index (χ2n) is 15.0. The van der Waals surface area contributed by atoms with Crippen molar-refractivity contribution in [1.29, 1.82) is 0 Å². The summed E-state index contributed by atoms with van der Waals surface area (Å²) in [4.78, 5) is 15.1. The molecule has 11 aromatic rings. The number of nitrogens with zero attached hydrogens (tertiary/aromatic N) is 5. The third kappa shape index (κ3) is 5.01. The van der Waals surface area contributed by atoms with Crippen LogP contribution in [0.5, 0.6) is 11.5 Å². The van der Waals surface area contributed by atoms with E-state index < -0.39 is 0 Å². The van der Waals surface area contributed by atoms with Crippen molar-refractivity contribution in [1.82, 2.24) is 23.8 Å². The van der Waals surface area contributed by atoms with Crippen molar-refractivity contribution in [3.63, 3.8) is 0 Å². The van der Waals surface area contributed by atoms with Crippen LogP contribution < -0.4 is 4.74 Å². The van der Waals surface area contributed by atoms with Crippen LogP contribution in [0.15, 0.2) is 128 Å². The van der Waals surface area contributed by atoms with Crippen molar-refractivity contribution >= 4 is 76.8 Å². The Kier molecular flexibility index (Phi) is 7.97. The maximum Gasteiger partial charge on any atom is 2.00 e. The average molecular weight is 816 g/mol. The molecule has 56 heavy (non-hydrogen) atoms. The van der Waals surface area contributed by atoms with Gasteiger partial charge in [0.25, 0.3) is 0 Å². The van der Waals surface area contributed by atoms with Crippen molar-refractivity contribution in [2.75, 3.05) is 0 Å². The molecule has 0 spiro atoms. The third-order valence-corrected chi connectivity index (χ3v) is 11.1. The number of hydrogen-bond donors (Lipinski definition) is 0. The Bertz CT molecular complexity index is 3350. The standard InChI is InChI=1S/C49H35N5O.Pd/c1-28(2)32-12-9-13-33(29(3)4)45(32)37-15-10-14-36-34-23-21-30(26-38(34)49-52-41-17-6-8-19-43(41)54(49)47(36)37)55-31-22-24-35-39(27-31)48-51-40-16-5-7-18-42(40)53(48)44-20-11-25-50-46(35)44;/h5-25,28-29H,1-4H3;/q-2;+2. The van der Waals surface area contributed by atoms with Crippen molar-refractivity contribution in [3.05, 3.63) is 151 Å². The van der Waals surface area contributed by atoms with Crippen LogP contribution in [0, 0.1) is 12.1 Å².